The molecule has 0 aromatic carbocycles. The first-order valence-electron chi connectivity index (χ1n) is 6.47. The van der Waals surface area contributed by atoms with Crippen LogP contribution in [-0.2, 0) is 9.57 Å². The van der Waals surface area contributed by atoms with Crippen LogP contribution in [0.5, 0.6) is 0 Å². The maximum absolute atomic E-state index is 11.2. The van der Waals surface area contributed by atoms with Crippen LogP contribution < -0.4 is 0 Å². The lowest BCUT2D eigenvalue weighted by Gasteiger charge is -2.18. The zero-order valence-corrected chi connectivity index (χ0v) is 12.1. The maximum atomic E-state index is 11.2. The Balaban J connectivity index is 3.88. The lowest BCUT2D eigenvalue weighted by Crippen LogP contribution is -2.31. The number of rotatable bonds is 8. The summed E-state index contributed by atoms with van der Waals surface area (Å²) in [6.07, 6.45) is 4.83. The van der Waals surface area contributed by atoms with Crippen LogP contribution in [0.3, 0.4) is 0 Å². The molecule has 18 heavy (non-hydrogen) atoms. The molecule has 0 aliphatic rings. The smallest absolute Gasteiger partial charge is 0.433 e. The van der Waals surface area contributed by atoms with Crippen molar-refractivity contribution < 1.29 is 19.2 Å². The molecule has 0 aromatic heterocycles. The first-order chi connectivity index (χ1) is 8.61. The highest BCUT2D eigenvalue weighted by atomic mass is 32.1. The third kappa shape index (κ3) is 9.15. The molecule has 6 heteroatoms. The number of thiol groups is 1. The lowest BCUT2D eigenvalue weighted by molar-refractivity contribution is -0.0853. The third-order valence-corrected chi connectivity index (χ3v) is 2.55. The van der Waals surface area contributed by atoms with Gasteiger partial charge in [0, 0.05) is 0 Å². The fourth-order valence-corrected chi connectivity index (χ4v) is 1.42. The van der Waals surface area contributed by atoms with Crippen LogP contribution in [0.25, 0.3) is 0 Å². The van der Waals surface area contributed by atoms with Crippen LogP contribution >= 0.6 is 12.6 Å². The van der Waals surface area contributed by atoms with Gasteiger partial charge in [0.05, 0.1) is 13.2 Å². The van der Waals surface area contributed by atoms with Crippen molar-refractivity contribution >= 4 is 24.0 Å². The normalized spacial score (nSPS) is 9.94. The van der Waals surface area contributed by atoms with Gasteiger partial charge in [0.2, 0.25) is 0 Å². The van der Waals surface area contributed by atoms with Crippen molar-refractivity contribution in [2.45, 2.75) is 52.4 Å². The Labute approximate surface area is 114 Å². The van der Waals surface area contributed by atoms with E-state index in [1.165, 1.54) is 0 Å². The van der Waals surface area contributed by atoms with Crippen molar-refractivity contribution in [2.24, 2.45) is 0 Å². The average molecular weight is 277 g/mol. The SMILES string of the molecule is CCCCCCN(OC(=O)OCCCC)C(=O)S. The Morgan fingerprint density at radius 3 is 2.28 bits per heavy atom. The molecule has 0 aliphatic carbocycles. The summed E-state index contributed by atoms with van der Waals surface area (Å²) in [7, 11) is 0. The highest BCUT2D eigenvalue weighted by Gasteiger charge is 2.16. The standard InChI is InChI=1S/C12H23NO4S/c1-3-5-7-8-9-13(11(14)18)17-12(15)16-10-6-4-2/h3-10H2,1-2H3,(H,14,18). The minimum absolute atomic E-state index is 0.305. The monoisotopic (exact) mass is 277 g/mol. The Morgan fingerprint density at radius 1 is 1.06 bits per heavy atom. The van der Waals surface area contributed by atoms with Crippen molar-refractivity contribution in [1.82, 2.24) is 5.06 Å². The van der Waals surface area contributed by atoms with Gasteiger partial charge in [-0.3, -0.25) is 4.79 Å². The molecule has 0 rings (SSSR count). The summed E-state index contributed by atoms with van der Waals surface area (Å²) in [5, 5.41) is 0.353. The number of ether oxygens (including phenoxy) is 1. The quantitative estimate of drug-likeness (QED) is 0.317. The summed E-state index contributed by atoms with van der Waals surface area (Å²) in [6.45, 7) is 4.75. The largest absolute Gasteiger partial charge is 0.533 e. The molecule has 0 aromatic rings. The van der Waals surface area contributed by atoms with E-state index in [2.05, 4.69) is 19.6 Å². The van der Waals surface area contributed by atoms with Gasteiger partial charge >= 0.3 is 11.4 Å². The highest BCUT2D eigenvalue weighted by molar-refractivity contribution is 7.96. The fourth-order valence-electron chi connectivity index (χ4n) is 1.28. The number of hydroxylamine groups is 2. The van der Waals surface area contributed by atoms with Gasteiger partial charge in [0.1, 0.15) is 0 Å². The summed E-state index contributed by atoms with van der Waals surface area (Å²) in [6, 6.07) is 0. The van der Waals surface area contributed by atoms with Crippen LogP contribution in [0.4, 0.5) is 9.59 Å². The summed E-state index contributed by atoms with van der Waals surface area (Å²) >= 11 is 3.66. The lowest BCUT2D eigenvalue weighted by atomic mass is 10.2. The van der Waals surface area contributed by atoms with Crippen LogP contribution in [-0.4, -0.2) is 29.6 Å². The van der Waals surface area contributed by atoms with E-state index in [4.69, 9.17) is 9.57 Å². The molecule has 106 valence electrons. The van der Waals surface area contributed by atoms with Gasteiger partial charge in [-0.05, 0) is 12.8 Å². The van der Waals surface area contributed by atoms with Crippen molar-refractivity contribution in [3.8, 4) is 0 Å². The third-order valence-electron chi connectivity index (χ3n) is 2.33. The molecule has 0 atom stereocenters. The first kappa shape index (κ1) is 17.1. The minimum Gasteiger partial charge on any atom is -0.433 e. The molecule has 0 saturated carbocycles. The topological polar surface area (TPSA) is 55.8 Å². The van der Waals surface area contributed by atoms with Gasteiger partial charge in [-0.2, -0.15) is 5.06 Å². The molecule has 5 nitrogen and oxygen atoms in total. The summed E-state index contributed by atoms with van der Waals surface area (Å²) < 4.78 is 4.80. The Hall–Kier alpha value is -0.910. The zero-order valence-electron chi connectivity index (χ0n) is 11.2. The Kier molecular flexibility index (Phi) is 10.6. The molecule has 0 radical (unpaired) electrons. The molecule has 0 unspecified atom stereocenters. The number of hydrogen-bond acceptors (Lipinski definition) is 4. The van der Waals surface area contributed by atoms with E-state index in [1.54, 1.807) is 0 Å². The van der Waals surface area contributed by atoms with Crippen molar-refractivity contribution in [2.75, 3.05) is 13.2 Å². The second-order valence-electron chi connectivity index (χ2n) is 3.99. The molecular weight excluding hydrogens is 254 g/mol. The predicted molar refractivity (Wildman–Crippen MR) is 72.6 cm³/mol. The van der Waals surface area contributed by atoms with E-state index in [0.717, 1.165) is 43.6 Å². The molecular formula is C12H23NO4S. The van der Waals surface area contributed by atoms with Crippen LogP contribution in [0.2, 0.25) is 0 Å². The van der Waals surface area contributed by atoms with Gasteiger partial charge in [-0.1, -0.05) is 52.2 Å². The van der Waals surface area contributed by atoms with Crippen molar-refractivity contribution in [3.63, 3.8) is 0 Å². The molecule has 0 aliphatic heterocycles. The van der Waals surface area contributed by atoms with Crippen molar-refractivity contribution in [3.05, 3.63) is 0 Å². The average Bonchev–Trinajstić information content (AvgIpc) is 2.33. The number of hydrogen-bond donors (Lipinski definition) is 1. The number of unbranched alkanes of at least 4 members (excludes halogenated alkanes) is 4. The zero-order chi connectivity index (χ0) is 13.8. The molecule has 0 heterocycles. The molecule has 0 bridgehead atoms. The second-order valence-corrected chi connectivity index (χ2v) is 4.37. The second kappa shape index (κ2) is 11.2. The Bertz CT molecular complexity index is 248. The van der Waals surface area contributed by atoms with E-state index < -0.39 is 11.4 Å². The summed E-state index contributed by atoms with van der Waals surface area (Å²) in [4.78, 5) is 27.2. The summed E-state index contributed by atoms with van der Waals surface area (Å²) in [5.74, 6) is 0. The molecule has 0 saturated heterocycles. The van der Waals surface area contributed by atoms with E-state index >= 15 is 0 Å². The van der Waals surface area contributed by atoms with E-state index in [0.29, 0.717) is 13.2 Å². The Morgan fingerprint density at radius 2 is 1.72 bits per heavy atom. The summed E-state index contributed by atoms with van der Waals surface area (Å²) in [5.41, 5.74) is 0. The van der Waals surface area contributed by atoms with Crippen LogP contribution in [0, 0.1) is 0 Å². The highest BCUT2D eigenvalue weighted by Crippen LogP contribution is 2.06. The van der Waals surface area contributed by atoms with Gasteiger partial charge in [0.25, 0.3) is 0 Å². The number of carbonyl (C=O) groups is 2. The molecule has 1 amide bonds. The molecule has 0 N–H and O–H groups in total. The van der Waals surface area contributed by atoms with Crippen molar-refractivity contribution in [1.29, 1.82) is 0 Å². The van der Waals surface area contributed by atoms with Gasteiger partial charge in [0.15, 0.2) is 0 Å². The maximum Gasteiger partial charge on any atom is 0.533 e. The van der Waals surface area contributed by atoms with E-state index in [9.17, 15) is 9.59 Å². The van der Waals surface area contributed by atoms with E-state index in [-0.39, 0.29) is 0 Å². The number of nitrogens with zero attached hydrogens (tertiary/aromatic N) is 1. The van der Waals surface area contributed by atoms with Gasteiger partial charge in [-0.15, -0.1) is 0 Å². The molecule has 0 spiro atoms. The first-order valence-corrected chi connectivity index (χ1v) is 6.91. The van der Waals surface area contributed by atoms with Crippen LogP contribution in [0.1, 0.15) is 52.4 Å². The number of carbonyl (C=O) groups excluding carboxylic acids is 2. The van der Waals surface area contributed by atoms with Crippen LogP contribution in [0.15, 0.2) is 0 Å². The molecule has 0 fully saturated rings. The van der Waals surface area contributed by atoms with E-state index in [1.807, 2.05) is 6.92 Å². The minimum atomic E-state index is -0.846. The van der Waals surface area contributed by atoms with Gasteiger partial charge in [-0.25, -0.2) is 4.79 Å². The fraction of sp³-hybridized carbons (Fsp3) is 0.833. The van der Waals surface area contributed by atoms with Gasteiger partial charge < -0.3 is 9.57 Å². The number of amides is 1. The predicted octanol–water partition coefficient (Wildman–Crippen LogP) is 3.79.